The third-order valence-corrected chi connectivity index (χ3v) is 13.5. The highest BCUT2D eigenvalue weighted by atomic mass is 16.5. The molecule has 0 aliphatic carbocycles. The molecule has 2 aliphatic heterocycles. The van der Waals surface area contributed by atoms with Crippen LogP contribution in [0.15, 0.2) is 231 Å². The number of ether oxygens (including phenoxy) is 3. The van der Waals surface area contributed by atoms with Crippen LogP contribution in [-0.4, -0.2) is 23.6 Å². The van der Waals surface area contributed by atoms with Crippen LogP contribution in [0, 0.1) is 13.8 Å². The summed E-state index contributed by atoms with van der Waals surface area (Å²) in [5, 5.41) is 0. The van der Waals surface area contributed by atoms with E-state index in [0.717, 1.165) is 49.4 Å². The predicted molar refractivity (Wildman–Crippen MR) is 292 cm³/mol. The van der Waals surface area contributed by atoms with E-state index in [-0.39, 0.29) is 40.1 Å². The maximum Gasteiger partial charge on any atom is 0.266 e. The number of carbonyl (C=O) groups excluding carboxylic acids is 4. The lowest BCUT2D eigenvalue weighted by molar-refractivity contribution is 0.0909. The number of hydrogen-bond donors (Lipinski definition) is 0. The van der Waals surface area contributed by atoms with Crippen molar-refractivity contribution in [3.8, 4) is 79.0 Å². The van der Waals surface area contributed by atoms with Crippen LogP contribution in [0.25, 0.3) is 44.5 Å². The number of para-hydroxylation sites is 3. The molecule has 0 radical (unpaired) electrons. The number of imide groups is 2. The maximum absolute atomic E-state index is 14.8. The van der Waals surface area contributed by atoms with Gasteiger partial charge in [-0.15, -0.1) is 0 Å². The minimum absolute atomic E-state index is 0.136. The molecule has 360 valence electrons. The molecule has 12 rings (SSSR count). The molecule has 4 amide bonds. The summed E-state index contributed by atoms with van der Waals surface area (Å²) in [6, 6.07) is 71.1. The van der Waals surface area contributed by atoms with E-state index >= 15 is 0 Å². The number of anilines is 2. The van der Waals surface area contributed by atoms with Crippen molar-refractivity contribution in [2.24, 2.45) is 0 Å². The van der Waals surface area contributed by atoms with Gasteiger partial charge < -0.3 is 14.2 Å². The van der Waals surface area contributed by atoms with Gasteiger partial charge in [-0.2, -0.15) is 0 Å². The number of nitrogens with zero attached hydrogens (tertiary/aromatic N) is 2. The van der Waals surface area contributed by atoms with Gasteiger partial charge >= 0.3 is 0 Å². The molecule has 9 heteroatoms. The highest BCUT2D eigenvalue weighted by Gasteiger charge is 2.41. The van der Waals surface area contributed by atoms with Crippen LogP contribution in [0.1, 0.15) is 52.6 Å². The zero-order chi connectivity index (χ0) is 51.2. The van der Waals surface area contributed by atoms with Gasteiger partial charge in [0.2, 0.25) is 0 Å². The Bertz CT molecular complexity index is 3810. The number of hydrogen-bond acceptors (Lipinski definition) is 7. The van der Waals surface area contributed by atoms with Gasteiger partial charge in [-0.25, -0.2) is 9.80 Å². The first-order valence-corrected chi connectivity index (χ1v) is 24.4. The van der Waals surface area contributed by atoms with Crippen molar-refractivity contribution in [1.29, 1.82) is 0 Å². The Morgan fingerprint density at radius 2 is 0.627 bits per heavy atom. The molecule has 9 nitrogen and oxygen atoms in total. The van der Waals surface area contributed by atoms with Crippen molar-refractivity contribution in [2.75, 3.05) is 9.80 Å². The number of benzene rings is 10. The average molecular weight is 977 g/mol. The van der Waals surface area contributed by atoms with Crippen molar-refractivity contribution in [3.63, 3.8) is 0 Å². The summed E-state index contributed by atoms with van der Waals surface area (Å²) in [4.78, 5) is 59.6. The fourth-order valence-corrected chi connectivity index (χ4v) is 9.56. The average Bonchev–Trinajstić information content (AvgIpc) is 3.90. The number of aryl methyl sites for hydroxylation is 2. The summed E-state index contributed by atoms with van der Waals surface area (Å²) in [6.45, 7) is 4.04. The van der Waals surface area contributed by atoms with Crippen LogP contribution < -0.4 is 24.0 Å². The molecular formula is C66H44N2O7. The monoisotopic (exact) mass is 976 g/mol. The molecule has 0 unspecified atom stereocenters. The summed E-state index contributed by atoms with van der Waals surface area (Å²) < 4.78 is 20.1. The molecule has 0 fully saturated rings. The number of carbonyl (C=O) groups is 4. The second-order valence-corrected chi connectivity index (χ2v) is 18.5. The van der Waals surface area contributed by atoms with Crippen LogP contribution in [0.3, 0.4) is 0 Å². The van der Waals surface area contributed by atoms with E-state index < -0.39 is 11.8 Å². The van der Waals surface area contributed by atoms with E-state index in [9.17, 15) is 19.2 Å². The first-order valence-electron chi connectivity index (χ1n) is 24.4. The van der Waals surface area contributed by atoms with E-state index in [2.05, 4.69) is 0 Å². The minimum atomic E-state index is -0.517. The predicted octanol–water partition coefficient (Wildman–Crippen LogP) is 15.9. The molecule has 0 N–H and O–H groups in total. The number of rotatable bonds is 12. The SMILES string of the molecule is Cc1ccc(-c2ccc3c(c2)C(=O)N(c2ccc(-c4ccc(-c5cc(Oc6ccccc6)c(N6C(=O)c7ccc(-c8ccc(C)cc8)cc7C6=O)c(Oc6ccccc6)c5)cc4Oc4ccccc4)cc2)C3=O)cc1. The normalized spacial score (nSPS) is 12.7. The number of amides is 4. The fourth-order valence-electron chi connectivity index (χ4n) is 9.56. The van der Waals surface area contributed by atoms with Gasteiger partial charge in [0.05, 0.1) is 27.9 Å². The smallest absolute Gasteiger partial charge is 0.266 e. The molecule has 0 saturated heterocycles. The number of fused-ring (bicyclic) bond motifs is 2. The molecule has 75 heavy (non-hydrogen) atoms. The summed E-state index contributed by atoms with van der Waals surface area (Å²) >= 11 is 0. The van der Waals surface area contributed by atoms with Gasteiger partial charge in [-0.3, -0.25) is 19.2 Å². The van der Waals surface area contributed by atoms with E-state index in [0.29, 0.717) is 50.9 Å². The van der Waals surface area contributed by atoms with E-state index in [1.54, 1.807) is 72.8 Å². The quantitative estimate of drug-likeness (QED) is 0.112. The standard InChI is InChI=1S/C66H44N2O7/c1-41-18-22-43(23-19-41)46-29-34-55-57(36-46)65(71)67(63(55)69)50-31-26-45(27-32-50)54-33-28-48(38-59(54)73-51-12-6-3-7-13-51)49-39-60(74-52-14-8-4-9-15-52)62(61(40-49)75-53-16-10-5-11-17-53)68-64(70)56-35-30-47(37-58(56)66(68)72)44-24-20-42(2)21-25-44/h3-40H,1-2H3. The van der Waals surface area contributed by atoms with Crippen molar-refractivity contribution in [3.05, 3.63) is 264 Å². The van der Waals surface area contributed by atoms with Gasteiger partial charge in [0.25, 0.3) is 23.6 Å². The molecule has 0 aromatic heterocycles. The zero-order valence-electron chi connectivity index (χ0n) is 40.7. The lowest BCUT2D eigenvalue weighted by Crippen LogP contribution is -2.30. The first-order chi connectivity index (χ1) is 36.6. The molecule has 2 aliphatic rings. The van der Waals surface area contributed by atoms with E-state index in [1.807, 2.05) is 172 Å². The Morgan fingerprint density at radius 3 is 1.09 bits per heavy atom. The van der Waals surface area contributed by atoms with Crippen LogP contribution in [0.5, 0.6) is 34.5 Å². The van der Waals surface area contributed by atoms with Crippen molar-refractivity contribution >= 4 is 35.0 Å². The Kier molecular flexibility index (Phi) is 11.7. The third kappa shape index (κ3) is 8.78. The molecule has 0 spiro atoms. The van der Waals surface area contributed by atoms with Crippen molar-refractivity contribution in [2.45, 2.75) is 13.8 Å². The van der Waals surface area contributed by atoms with Crippen LogP contribution in [0.2, 0.25) is 0 Å². The van der Waals surface area contributed by atoms with Gasteiger partial charge in [-0.1, -0.05) is 151 Å². The highest BCUT2D eigenvalue weighted by Crippen LogP contribution is 2.49. The summed E-state index contributed by atoms with van der Waals surface area (Å²) in [7, 11) is 0. The fraction of sp³-hybridized carbons (Fsp3) is 0.0303. The summed E-state index contributed by atoms with van der Waals surface area (Å²) in [5.74, 6) is 0.627. The summed E-state index contributed by atoms with van der Waals surface area (Å²) in [6.07, 6.45) is 0. The minimum Gasteiger partial charge on any atom is -0.457 e. The molecule has 10 aromatic carbocycles. The maximum atomic E-state index is 14.8. The molecule has 0 atom stereocenters. The molecular weight excluding hydrogens is 933 g/mol. The Labute approximate surface area is 433 Å². The Balaban J connectivity index is 0.940. The highest BCUT2D eigenvalue weighted by molar-refractivity contribution is 6.36. The van der Waals surface area contributed by atoms with Crippen LogP contribution >= 0.6 is 0 Å². The largest absolute Gasteiger partial charge is 0.457 e. The summed E-state index contributed by atoms with van der Waals surface area (Å²) in [5.41, 5.74) is 10.4. The van der Waals surface area contributed by atoms with Crippen molar-refractivity contribution < 1.29 is 33.4 Å². The van der Waals surface area contributed by atoms with Gasteiger partial charge in [0, 0.05) is 5.56 Å². The first kappa shape index (κ1) is 46.0. The van der Waals surface area contributed by atoms with Gasteiger partial charge in [0.15, 0.2) is 11.5 Å². The van der Waals surface area contributed by atoms with E-state index in [4.69, 9.17) is 14.2 Å². The Morgan fingerprint density at radius 1 is 0.280 bits per heavy atom. The molecule has 2 heterocycles. The lowest BCUT2D eigenvalue weighted by Gasteiger charge is -2.23. The third-order valence-electron chi connectivity index (χ3n) is 13.5. The molecule has 0 bridgehead atoms. The molecule has 0 saturated carbocycles. The van der Waals surface area contributed by atoms with Crippen LogP contribution in [0.4, 0.5) is 11.4 Å². The van der Waals surface area contributed by atoms with Crippen molar-refractivity contribution in [1.82, 2.24) is 0 Å². The Hall–Kier alpha value is -10.1. The lowest BCUT2D eigenvalue weighted by atomic mass is 9.98. The van der Waals surface area contributed by atoms with Gasteiger partial charge in [0.1, 0.15) is 28.7 Å². The zero-order valence-corrected chi connectivity index (χ0v) is 40.7. The second-order valence-electron chi connectivity index (χ2n) is 18.5. The second kappa shape index (κ2) is 19.1. The van der Waals surface area contributed by atoms with Gasteiger partial charge in [-0.05, 0) is 144 Å². The molecule has 10 aromatic rings. The van der Waals surface area contributed by atoms with Crippen LogP contribution in [-0.2, 0) is 0 Å². The van der Waals surface area contributed by atoms with E-state index in [1.165, 1.54) is 4.90 Å². The topological polar surface area (TPSA) is 102 Å².